The van der Waals surface area contributed by atoms with Gasteiger partial charge in [-0.05, 0) is 44.9 Å². The molecular formula is C17H23N3O2S. The maximum atomic E-state index is 12.8. The number of likely N-dealkylation sites (tertiary alicyclic amines) is 1. The van der Waals surface area contributed by atoms with Crippen LogP contribution in [0.25, 0.3) is 10.9 Å². The minimum absolute atomic E-state index is 0.0388. The topological polar surface area (TPSA) is 62.3 Å². The molecule has 0 unspecified atom stereocenters. The van der Waals surface area contributed by atoms with Gasteiger partial charge in [0.05, 0.1) is 5.52 Å². The number of sulfonamides is 1. The summed E-state index contributed by atoms with van der Waals surface area (Å²) in [6.45, 7) is 7.90. The summed E-state index contributed by atoms with van der Waals surface area (Å²) >= 11 is 0. The number of aryl methyl sites for hydroxylation is 1. The number of rotatable bonds is 4. The van der Waals surface area contributed by atoms with Crippen molar-refractivity contribution in [3.8, 4) is 0 Å². The number of aromatic nitrogens is 1. The van der Waals surface area contributed by atoms with Crippen molar-refractivity contribution in [2.24, 2.45) is 0 Å². The number of hydrogen-bond donors (Lipinski definition) is 1. The first-order chi connectivity index (χ1) is 10.9. The predicted molar refractivity (Wildman–Crippen MR) is 91.9 cm³/mol. The molecule has 1 aromatic heterocycles. The maximum Gasteiger partial charge on any atom is 0.243 e. The molecule has 2 heterocycles. The molecule has 0 radical (unpaired) electrons. The van der Waals surface area contributed by atoms with Crippen molar-refractivity contribution in [1.82, 2.24) is 14.6 Å². The lowest BCUT2D eigenvalue weighted by Crippen LogP contribution is -2.38. The zero-order chi connectivity index (χ0) is 16.6. The second-order valence-corrected chi connectivity index (χ2v) is 8.22. The van der Waals surface area contributed by atoms with Gasteiger partial charge in [-0.3, -0.25) is 9.88 Å². The van der Waals surface area contributed by atoms with E-state index in [9.17, 15) is 8.42 Å². The van der Waals surface area contributed by atoms with Gasteiger partial charge < -0.3 is 0 Å². The van der Waals surface area contributed by atoms with E-state index in [1.165, 1.54) is 0 Å². The van der Waals surface area contributed by atoms with Crippen LogP contribution in [0.1, 0.15) is 25.8 Å². The Morgan fingerprint density at radius 2 is 2.13 bits per heavy atom. The Hall–Kier alpha value is -1.50. The van der Waals surface area contributed by atoms with Gasteiger partial charge in [0.15, 0.2) is 0 Å². The molecule has 124 valence electrons. The molecule has 0 spiro atoms. The summed E-state index contributed by atoms with van der Waals surface area (Å²) in [5.41, 5.74) is 1.55. The summed E-state index contributed by atoms with van der Waals surface area (Å²) in [7, 11) is -3.57. The molecule has 1 N–H and O–H groups in total. The van der Waals surface area contributed by atoms with Crippen molar-refractivity contribution in [2.45, 2.75) is 44.2 Å². The largest absolute Gasteiger partial charge is 0.299 e. The molecule has 1 saturated heterocycles. The Kier molecular flexibility index (Phi) is 4.40. The van der Waals surface area contributed by atoms with Crippen LogP contribution < -0.4 is 4.72 Å². The molecule has 1 aromatic carbocycles. The van der Waals surface area contributed by atoms with Crippen LogP contribution in [-0.4, -0.2) is 43.5 Å². The van der Waals surface area contributed by atoms with Crippen molar-refractivity contribution < 1.29 is 8.42 Å². The first kappa shape index (κ1) is 16.4. The van der Waals surface area contributed by atoms with Crippen LogP contribution in [0.15, 0.2) is 35.4 Å². The highest BCUT2D eigenvalue weighted by atomic mass is 32.2. The van der Waals surface area contributed by atoms with Crippen molar-refractivity contribution in [2.75, 3.05) is 13.1 Å². The standard InChI is InChI=1S/C17H23N3O2S/c1-12(2)20-8-7-15(11-20)19-23(21,22)16-6-4-5-14-9-13(3)10-18-17(14)16/h4-6,9-10,12,15,19H,7-8,11H2,1-3H3/t15-/m1/s1. The van der Waals surface area contributed by atoms with Crippen LogP contribution in [0, 0.1) is 6.92 Å². The minimum atomic E-state index is -3.57. The fourth-order valence-corrected chi connectivity index (χ4v) is 4.54. The Labute approximate surface area is 137 Å². The molecule has 3 rings (SSSR count). The van der Waals surface area contributed by atoms with Gasteiger partial charge in [0, 0.05) is 36.8 Å². The SMILES string of the molecule is Cc1cnc2c(S(=O)(=O)N[C@@H]3CCN(C(C)C)C3)cccc2c1. The number of benzene rings is 1. The second-order valence-electron chi connectivity index (χ2n) is 6.54. The number of para-hydroxylation sites is 1. The molecule has 5 nitrogen and oxygen atoms in total. The molecule has 1 atom stereocenters. The Morgan fingerprint density at radius 3 is 2.83 bits per heavy atom. The molecule has 0 bridgehead atoms. The van der Waals surface area contributed by atoms with Gasteiger partial charge in [-0.25, -0.2) is 13.1 Å². The summed E-state index contributed by atoms with van der Waals surface area (Å²) < 4.78 is 28.4. The molecule has 23 heavy (non-hydrogen) atoms. The van der Waals surface area contributed by atoms with E-state index in [2.05, 4.69) is 28.5 Å². The van der Waals surface area contributed by atoms with Crippen molar-refractivity contribution in [3.05, 3.63) is 36.0 Å². The quantitative estimate of drug-likeness (QED) is 0.932. The maximum absolute atomic E-state index is 12.8. The lowest BCUT2D eigenvalue weighted by atomic mass is 10.2. The number of nitrogens with one attached hydrogen (secondary N) is 1. The number of pyridine rings is 1. The van der Waals surface area contributed by atoms with Crippen LogP contribution in [0.2, 0.25) is 0 Å². The first-order valence-corrected chi connectivity index (χ1v) is 9.47. The van der Waals surface area contributed by atoms with Gasteiger partial charge in [-0.1, -0.05) is 12.1 Å². The summed E-state index contributed by atoms with van der Waals surface area (Å²) in [4.78, 5) is 6.89. The van der Waals surface area contributed by atoms with E-state index < -0.39 is 10.0 Å². The summed E-state index contributed by atoms with van der Waals surface area (Å²) in [6, 6.07) is 7.65. The number of nitrogens with zero attached hydrogens (tertiary/aromatic N) is 2. The highest BCUT2D eigenvalue weighted by molar-refractivity contribution is 7.89. The first-order valence-electron chi connectivity index (χ1n) is 7.98. The molecule has 0 aliphatic carbocycles. The average Bonchev–Trinajstić information content (AvgIpc) is 2.94. The molecule has 1 aliphatic heterocycles. The van der Waals surface area contributed by atoms with Crippen molar-refractivity contribution in [3.63, 3.8) is 0 Å². The lowest BCUT2D eigenvalue weighted by molar-refractivity contribution is 0.271. The Morgan fingerprint density at radius 1 is 1.35 bits per heavy atom. The third-order valence-corrected chi connectivity index (χ3v) is 5.92. The van der Waals surface area contributed by atoms with Gasteiger partial charge in [0.1, 0.15) is 4.90 Å². The monoisotopic (exact) mass is 333 g/mol. The average molecular weight is 333 g/mol. The van der Waals surface area contributed by atoms with Crippen LogP contribution in [0.3, 0.4) is 0 Å². The number of hydrogen-bond acceptors (Lipinski definition) is 4. The van der Waals surface area contributed by atoms with E-state index in [1.54, 1.807) is 18.3 Å². The lowest BCUT2D eigenvalue weighted by Gasteiger charge is -2.20. The smallest absolute Gasteiger partial charge is 0.243 e. The van der Waals surface area contributed by atoms with E-state index in [1.807, 2.05) is 19.1 Å². The van der Waals surface area contributed by atoms with E-state index in [4.69, 9.17) is 0 Å². The molecule has 1 aliphatic rings. The molecule has 0 saturated carbocycles. The summed E-state index contributed by atoms with van der Waals surface area (Å²) in [5.74, 6) is 0. The van der Waals surface area contributed by atoms with E-state index in [-0.39, 0.29) is 10.9 Å². The van der Waals surface area contributed by atoms with Gasteiger partial charge in [0.2, 0.25) is 10.0 Å². The minimum Gasteiger partial charge on any atom is -0.299 e. The predicted octanol–water partition coefficient (Wildman–Crippen LogP) is 2.30. The highest BCUT2D eigenvalue weighted by Crippen LogP contribution is 2.23. The summed E-state index contributed by atoms with van der Waals surface area (Å²) in [6.07, 6.45) is 2.55. The van der Waals surface area contributed by atoms with Crippen LogP contribution in [0.5, 0.6) is 0 Å². The van der Waals surface area contributed by atoms with Crippen LogP contribution in [0.4, 0.5) is 0 Å². The fourth-order valence-electron chi connectivity index (χ4n) is 3.10. The summed E-state index contributed by atoms with van der Waals surface area (Å²) in [5, 5.41) is 0.850. The van der Waals surface area contributed by atoms with E-state index in [0.29, 0.717) is 11.6 Å². The van der Waals surface area contributed by atoms with Gasteiger partial charge in [0.25, 0.3) is 0 Å². The van der Waals surface area contributed by atoms with E-state index >= 15 is 0 Å². The molecule has 2 aromatic rings. The molecular weight excluding hydrogens is 310 g/mol. The van der Waals surface area contributed by atoms with E-state index in [0.717, 1.165) is 30.5 Å². The van der Waals surface area contributed by atoms with Crippen LogP contribution >= 0.6 is 0 Å². The Bertz CT molecular complexity index is 818. The molecule has 6 heteroatoms. The highest BCUT2D eigenvalue weighted by Gasteiger charge is 2.29. The molecule has 0 amide bonds. The van der Waals surface area contributed by atoms with Gasteiger partial charge in [-0.2, -0.15) is 0 Å². The zero-order valence-corrected chi connectivity index (χ0v) is 14.6. The van der Waals surface area contributed by atoms with Crippen LogP contribution in [-0.2, 0) is 10.0 Å². The zero-order valence-electron chi connectivity index (χ0n) is 13.8. The number of fused-ring (bicyclic) bond motifs is 1. The normalized spacial score (nSPS) is 19.7. The van der Waals surface area contributed by atoms with Crippen molar-refractivity contribution in [1.29, 1.82) is 0 Å². The second kappa shape index (κ2) is 6.19. The fraction of sp³-hybridized carbons (Fsp3) is 0.471. The van der Waals surface area contributed by atoms with Gasteiger partial charge >= 0.3 is 0 Å². The van der Waals surface area contributed by atoms with Crippen molar-refractivity contribution >= 4 is 20.9 Å². The van der Waals surface area contributed by atoms with Gasteiger partial charge in [-0.15, -0.1) is 0 Å². The third-order valence-electron chi connectivity index (χ3n) is 4.37. The molecule has 1 fully saturated rings. The Balaban J connectivity index is 1.89. The third kappa shape index (κ3) is 3.39.